The van der Waals surface area contributed by atoms with E-state index in [-0.39, 0.29) is 35.6 Å². The third-order valence-corrected chi connectivity index (χ3v) is 0. The van der Waals surface area contributed by atoms with Crippen molar-refractivity contribution in [2.24, 2.45) is 0 Å². The normalized spacial score (nSPS) is 1.00. The fourth-order valence-electron chi connectivity index (χ4n) is 0. The molecule has 0 atom stereocenters. The molecule has 21 valence electrons. The molecule has 0 aromatic rings. The number of rotatable bonds is 0. The Hall–Kier alpha value is 1.70. The van der Waals surface area contributed by atoms with Crippen molar-refractivity contribution in [2.75, 3.05) is 0 Å². The molecule has 0 fully saturated rings. The summed E-state index contributed by atoms with van der Waals surface area (Å²) in [4.78, 5) is 0. The van der Waals surface area contributed by atoms with Crippen LogP contribution in [0.2, 0.25) is 0 Å². The van der Waals surface area contributed by atoms with Crippen LogP contribution >= 0.6 is 0 Å². The molecule has 3 radical (unpaired) electrons. The maximum absolute atomic E-state index is 8.34. The Kier molecular flexibility index (Phi) is 96.0. The summed E-state index contributed by atoms with van der Waals surface area (Å²) >= 11 is 0.300. The molecule has 4 heavy (non-hydrogen) atoms. The standard InChI is InChI=1S/Co.Li.O.Sn.H. The Morgan fingerprint density at radius 1 is 1.25 bits per heavy atom. The summed E-state index contributed by atoms with van der Waals surface area (Å²) in [7, 11) is 0. The fourth-order valence-corrected chi connectivity index (χ4v) is 0. The molecule has 0 heterocycles. The zero-order chi connectivity index (χ0) is 2.00. The molecule has 0 aliphatic rings. The van der Waals surface area contributed by atoms with Crippen molar-refractivity contribution < 1.29 is 19.9 Å². The first-order chi connectivity index (χ1) is 1.00. The van der Waals surface area contributed by atoms with Gasteiger partial charge in [-0.25, -0.2) is 0 Å². The first-order valence-electron chi connectivity index (χ1n) is 0.204. The van der Waals surface area contributed by atoms with E-state index in [0.29, 0.717) is 22.5 Å². The van der Waals surface area contributed by atoms with E-state index in [9.17, 15) is 0 Å². The van der Waals surface area contributed by atoms with E-state index in [0.717, 1.165) is 0 Å². The van der Waals surface area contributed by atoms with Crippen LogP contribution in [0.15, 0.2) is 0 Å². The molecular weight excluding hydrogens is 201 g/mol. The van der Waals surface area contributed by atoms with E-state index in [2.05, 4.69) is 0 Å². The van der Waals surface area contributed by atoms with Gasteiger partial charge in [-0.1, -0.05) is 0 Å². The van der Waals surface area contributed by atoms with Crippen LogP contribution in [0.25, 0.3) is 0 Å². The van der Waals surface area contributed by atoms with Gasteiger partial charge in [-0.3, -0.25) is 0 Å². The quantitative estimate of drug-likeness (QED) is 0.453. The minimum absolute atomic E-state index is 0. The number of hydrogen-bond donors (Lipinski definition) is 0. The molecule has 1 nitrogen and oxygen atoms in total. The average molecular weight is 202 g/mol. The molecular formula is HCoLiOSn. The van der Waals surface area contributed by atoms with Crippen LogP contribution in [0, 0.1) is 0 Å². The van der Waals surface area contributed by atoms with Gasteiger partial charge in [0.15, 0.2) is 0 Å². The summed E-state index contributed by atoms with van der Waals surface area (Å²) in [5, 5.41) is 0. The Morgan fingerprint density at radius 3 is 1.25 bits per heavy atom. The second-order valence-corrected chi connectivity index (χ2v) is 0. The van der Waals surface area contributed by atoms with Crippen molar-refractivity contribution in [3.8, 4) is 0 Å². The SMILES string of the molecule is [Co].[LiH].[O]=[Sn]. The second-order valence-electron chi connectivity index (χ2n) is 0. The summed E-state index contributed by atoms with van der Waals surface area (Å²) in [6, 6.07) is 0. The molecule has 0 bridgehead atoms. The molecule has 0 aromatic carbocycles. The van der Waals surface area contributed by atoms with Crippen molar-refractivity contribution in [1.82, 2.24) is 0 Å². The molecule has 0 rings (SSSR count). The molecule has 0 aliphatic carbocycles. The van der Waals surface area contributed by atoms with Gasteiger partial charge in [0, 0.05) is 16.8 Å². The second kappa shape index (κ2) is 22.2. The van der Waals surface area contributed by atoms with Crippen molar-refractivity contribution >= 4 is 41.4 Å². The van der Waals surface area contributed by atoms with Gasteiger partial charge in [-0.15, -0.1) is 0 Å². The molecule has 0 aromatic heterocycles. The van der Waals surface area contributed by atoms with Crippen LogP contribution in [0.4, 0.5) is 0 Å². The topological polar surface area (TPSA) is 17.1 Å². The zero-order valence-electron chi connectivity index (χ0n) is 1.24. The molecule has 0 amide bonds. The van der Waals surface area contributed by atoms with Crippen molar-refractivity contribution in [3.63, 3.8) is 0 Å². The Bertz CT molecular complexity index is 8.00. The predicted molar refractivity (Wildman–Crippen MR) is 13.6 cm³/mol. The average Bonchev–Trinajstić information content (AvgIpc) is 1.00. The Morgan fingerprint density at radius 2 is 1.25 bits per heavy atom. The summed E-state index contributed by atoms with van der Waals surface area (Å²) in [6.07, 6.45) is 0. The third-order valence-electron chi connectivity index (χ3n) is 0. The van der Waals surface area contributed by atoms with Crippen LogP contribution in [0.5, 0.6) is 0 Å². The summed E-state index contributed by atoms with van der Waals surface area (Å²) in [5.41, 5.74) is 0. The van der Waals surface area contributed by atoms with Crippen molar-refractivity contribution in [3.05, 3.63) is 0 Å². The summed E-state index contributed by atoms with van der Waals surface area (Å²) < 4.78 is 8.34. The van der Waals surface area contributed by atoms with E-state index >= 15 is 0 Å². The molecule has 0 N–H and O–H groups in total. The Balaban J connectivity index is -0.00000000500. The molecule has 0 saturated heterocycles. The van der Waals surface area contributed by atoms with Gasteiger partial charge >= 0.3 is 44.4 Å². The van der Waals surface area contributed by atoms with Crippen molar-refractivity contribution in [1.29, 1.82) is 0 Å². The van der Waals surface area contributed by atoms with Gasteiger partial charge in [0.2, 0.25) is 0 Å². The van der Waals surface area contributed by atoms with Gasteiger partial charge in [0.1, 0.15) is 0 Å². The minimum atomic E-state index is 0. The molecule has 0 spiro atoms. The van der Waals surface area contributed by atoms with Gasteiger partial charge in [-0.2, -0.15) is 0 Å². The molecule has 0 unspecified atom stereocenters. The first-order valence-corrected chi connectivity index (χ1v) is 1.37. The maximum atomic E-state index is 8.34. The number of hydrogen-bond acceptors (Lipinski definition) is 1. The van der Waals surface area contributed by atoms with Crippen LogP contribution < -0.4 is 0 Å². The van der Waals surface area contributed by atoms with Gasteiger partial charge < -0.3 is 0 Å². The van der Waals surface area contributed by atoms with Crippen molar-refractivity contribution in [2.45, 2.75) is 0 Å². The van der Waals surface area contributed by atoms with E-state index < -0.39 is 0 Å². The summed E-state index contributed by atoms with van der Waals surface area (Å²) in [6.45, 7) is 0. The zero-order valence-corrected chi connectivity index (χ0v) is 5.14. The van der Waals surface area contributed by atoms with E-state index in [1.807, 2.05) is 0 Å². The fraction of sp³-hybridized carbons (Fsp3) is 0. The van der Waals surface area contributed by atoms with Crippen LogP contribution in [-0.4, -0.2) is 41.4 Å². The summed E-state index contributed by atoms with van der Waals surface area (Å²) in [5.74, 6) is 0. The molecule has 4 heteroatoms. The van der Waals surface area contributed by atoms with Gasteiger partial charge in [0.05, 0.1) is 0 Å². The predicted octanol–water partition coefficient (Wildman–Crippen LogP) is -1.15. The first kappa shape index (κ1) is 17.3. The van der Waals surface area contributed by atoms with E-state index in [1.165, 1.54) is 0 Å². The molecule has 0 saturated carbocycles. The monoisotopic (exact) mass is 203 g/mol. The van der Waals surface area contributed by atoms with Gasteiger partial charge in [0.25, 0.3) is 0 Å². The van der Waals surface area contributed by atoms with Crippen LogP contribution in [-0.2, 0) is 19.9 Å². The van der Waals surface area contributed by atoms with E-state index in [4.69, 9.17) is 3.08 Å². The third kappa shape index (κ3) is 9.33. The van der Waals surface area contributed by atoms with Crippen LogP contribution in [0.3, 0.4) is 0 Å². The van der Waals surface area contributed by atoms with E-state index in [1.54, 1.807) is 0 Å². The van der Waals surface area contributed by atoms with Gasteiger partial charge in [-0.05, 0) is 0 Å². The van der Waals surface area contributed by atoms with Crippen LogP contribution in [0.1, 0.15) is 0 Å². The molecule has 0 aliphatic heterocycles. The Labute approximate surface area is 60.7 Å².